The lowest BCUT2D eigenvalue weighted by atomic mass is 10.0. The van der Waals surface area contributed by atoms with Gasteiger partial charge in [-0.05, 0) is 19.9 Å². The highest BCUT2D eigenvalue weighted by atomic mass is 16.3. The van der Waals surface area contributed by atoms with Gasteiger partial charge in [0.15, 0.2) is 0 Å². The van der Waals surface area contributed by atoms with Crippen molar-refractivity contribution in [3.05, 3.63) is 48.2 Å². The van der Waals surface area contributed by atoms with E-state index in [2.05, 4.69) is 23.9 Å². The van der Waals surface area contributed by atoms with Gasteiger partial charge in [0.1, 0.15) is 17.7 Å². The van der Waals surface area contributed by atoms with Gasteiger partial charge in [-0.3, -0.25) is 0 Å². The van der Waals surface area contributed by atoms with E-state index in [1.54, 1.807) is 12.6 Å². The Hall–Kier alpha value is -2.14. The lowest BCUT2D eigenvalue weighted by Crippen LogP contribution is -2.17. The number of aromatic nitrogens is 3. The third-order valence-corrected chi connectivity index (χ3v) is 3.45. The second kappa shape index (κ2) is 5.09. The van der Waals surface area contributed by atoms with Crippen molar-refractivity contribution >= 4 is 11.0 Å². The smallest absolute Gasteiger partial charge is 0.138 e. The first-order valence-electron chi connectivity index (χ1n) is 6.77. The predicted molar refractivity (Wildman–Crippen MR) is 77.3 cm³/mol. The maximum absolute atomic E-state index is 6.32. The highest BCUT2D eigenvalue weighted by Crippen LogP contribution is 2.26. The number of hydrogen-bond donors (Lipinski definition) is 1. The average Bonchev–Trinajstić information content (AvgIpc) is 3.04. The summed E-state index contributed by atoms with van der Waals surface area (Å²) in [5.74, 6) is 0.901. The van der Waals surface area contributed by atoms with Gasteiger partial charge in [0.2, 0.25) is 0 Å². The van der Waals surface area contributed by atoms with Gasteiger partial charge in [-0.2, -0.15) is 5.10 Å². The van der Waals surface area contributed by atoms with Crippen LogP contribution in [0, 0.1) is 0 Å². The Labute approximate surface area is 117 Å². The van der Waals surface area contributed by atoms with Crippen LogP contribution in [0.25, 0.3) is 11.0 Å². The van der Waals surface area contributed by atoms with Crippen molar-refractivity contribution in [2.75, 3.05) is 0 Å². The molecular weight excluding hydrogens is 252 g/mol. The van der Waals surface area contributed by atoms with Gasteiger partial charge in [0, 0.05) is 29.5 Å². The van der Waals surface area contributed by atoms with E-state index >= 15 is 0 Å². The van der Waals surface area contributed by atoms with Crippen molar-refractivity contribution in [2.24, 2.45) is 5.73 Å². The molecule has 0 fully saturated rings. The molecule has 0 aliphatic carbocycles. The van der Waals surface area contributed by atoms with Crippen molar-refractivity contribution in [1.29, 1.82) is 0 Å². The van der Waals surface area contributed by atoms with E-state index in [0.29, 0.717) is 6.42 Å². The quantitative estimate of drug-likeness (QED) is 0.791. The topological polar surface area (TPSA) is 69.9 Å². The van der Waals surface area contributed by atoms with Gasteiger partial charge in [-0.25, -0.2) is 9.67 Å². The molecule has 2 heterocycles. The molecule has 5 nitrogen and oxygen atoms in total. The minimum Gasteiger partial charge on any atom is -0.464 e. The van der Waals surface area contributed by atoms with Crippen molar-refractivity contribution < 1.29 is 4.42 Å². The first-order chi connectivity index (χ1) is 9.66. The lowest BCUT2D eigenvalue weighted by molar-refractivity contribution is 0.492. The summed E-state index contributed by atoms with van der Waals surface area (Å²) in [5, 5.41) is 5.30. The number of furan rings is 1. The first-order valence-corrected chi connectivity index (χ1v) is 6.77. The van der Waals surface area contributed by atoms with E-state index in [4.69, 9.17) is 10.2 Å². The summed E-state index contributed by atoms with van der Waals surface area (Å²) in [7, 11) is 0. The fourth-order valence-electron chi connectivity index (χ4n) is 2.44. The monoisotopic (exact) mass is 270 g/mol. The molecule has 0 bridgehead atoms. The molecule has 3 rings (SSSR count). The molecule has 0 amide bonds. The van der Waals surface area contributed by atoms with Crippen LogP contribution in [0.3, 0.4) is 0 Å². The molecule has 3 aromatic rings. The third kappa shape index (κ3) is 2.20. The maximum Gasteiger partial charge on any atom is 0.138 e. The summed E-state index contributed by atoms with van der Waals surface area (Å²) in [6.45, 7) is 4.16. The molecule has 2 aromatic heterocycles. The fraction of sp³-hybridized carbons (Fsp3) is 0.333. The molecule has 20 heavy (non-hydrogen) atoms. The van der Waals surface area contributed by atoms with Crippen LogP contribution < -0.4 is 5.73 Å². The Morgan fingerprint density at radius 2 is 2.10 bits per heavy atom. The number of nitrogens with zero attached hydrogens (tertiary/aromatic N) is 3. The Morgan fingerprint density at radius 3 is 2.90 bits per heavy atom. The van der Waals surface area contributed by atoms with Crippen molar-refractivity contribution in [1.82, 2.24) is 14.8 Å². The molecular formula is C15H18N4O. The Balaban J connectivity index is 1.89. The van der Waals surface area contributed by atoms with E-state index < -0.39 is 0 Å². The van der Waals surface area contributed by atoms with Gasteiger partial charge in [-0.15, -0.1) is 0 Å². The summed E-state index contributed by atoms with van der Waals surface area (Å²) >= 11 is 0. The molecule has 2 N–H and O–H groups in total. The standard InChI is InChI=1S/C15H18N4O/c1-10(2)19-15(17-9-18-19)7-13(16)12-8-20-14-6-4-3-5-11(12)14/h3-6,8-10,13H,7,16H2,1-2H3. The van der Waals surface area contributed by atoms with Crippen molar-refractivity contribution in [3.8, 4) is 0 Å². The molecule has 0 aliphatic rings. The number of fused-ring (bicyclic) bond motifs is 1. The fourth-order valence-corrected chi connectivity index (χ4v) is 2.44. The summed E-state index contributed by atoms with van der Waals surface area (Å²) in [6.07, 6.45) is 3.96. The maximum atomic E-state index is 6.32. The van der Waals surface area contributed by atoms with E-state index in [0.717, 1.165) is 22.4 Å². The van der Waals surface area contributed by atoms with Gasteiger partial charge < -0.3 is 10.2 Å². The minimum atomic E-state index is -0.152. The van der Waals surface area contributed by atoms with Crippen LogP contribution in [0.1, 0.15) is 37.3 Å². The van der Waals surface area contributed by atoms with E-state index in [1.807, 2.05) is 28.9 Å². The summed E-state index contributed by atoms with van der Waals surface area (Å²) in [6, 6.07) is 8.05. The summed E-state index contributed by atoms with van der Waals surface area (Å²) < 4.78 is 7.45. The van der Waals surface area contributed by atoms with Gasteiger partial charge in [0.05, 0.1) is 6.26 Å². The molecule has 0 aliphatic heterocycles. The van der Waals surface area contributed by atoms with Crippen LogP contribution in [0.4, 0.5) is 0 Å². The van der Waals surface area contributed by atoms with Crippen LogP contribution in [-0.2, 0) is 6.42 Å². The van der Waals surface area contributed by atoms with Crippen molar-refractivity contribution in [2.45, 2.75) is 32.4 Å². The Kier molecular flexibility index (Phi) is 3.28. The molecule has 1 atom stereocenters. The molecule has 0 saturated carbocycles. The number of benzene rings is 1. The Bertz CT molecular complexity index is 713. The van der Waals surface area contributed by atoms with Crippen LogP contribution in [0.15, 0.2) is 41.3 Å². The molecule has 0 radical (unpaired) electrons. The largest absolute Gasteiger partial charge is 0.464 e. The van der Waals surface area contributed by atoms with Crippen LogP contribution in [0.2, 0.25) is 0 Å². The lowest BCUT2D eigenvalue weighted by Gasteiger charge is -2.13. The van der Waals surface area contributed by atoms with Crippen molar-refractivity contribution in [3.63, 3.8) is 0 Å². The average molecular weight is 270 g/mol. The number of nitrogens with two attached hydrogens (primary N) is 1. The normalized spacial score (nSPS) is 13.2. The number of hydrogen-bond acceptors (Lipinski definition) is 4. The zero-order chi connectivity index (χ0) is 14.1. The first kappa shape index (κ1) is 12.9. The minimum absolute atomic E-state index is 0.152. The number of rotatable bonds is 4. The molecule has 5 heteroatoms. The highest BCUT2D eigenvalue weighted by Gasteiger charge is 2.17. The van der Waals surface area contributed by atoms with Crippen LogP contribution >= 0.6 is 0 Å². The summed E-state index contributed by atoms with van der Waals surface area (Å²) in [5.41, 5.74) is 8.20. The predicted octanol–water partition coefficient (Wildman–Crippen LogP) is 2.85. The molecule has 1 aromatic carbocycles. The van der Waals surface area contributed by atoms with Gasteiger partial charge >= 0.3 is 0 Å². The highest BCUT2D eigenvalue weighted by molar-refractivity contribution is 5.81. The SMILES string of the molecule is CC(C)n1ncnc1CC(N)c1coc2ccccc12. The molecule has 1 unspecified atom stereocenters. The van der Waals surface area contributed by atoms with E-state index in [-0.39, 0.29) is 12.1 Å². The zero-order valence-electron chi connectivity index (χ0n) is 11.7. The van der Waals surface area contributed by atoms with E-state index in [9.17, 15) is 0 Å². The Morgan fingerprint density at radius 1 is 1.30 bits per heavy atom. The second-order valence-corrected chi connectivity index (χ2v) is 5.21. The third-order valence-electron chi connectivity index (χ3n) is 3.45. The summed E-state index contributed by atoms with van der Waals surface area (Å²) in [4.78, 5) is 4.31. The molecule has 0 spiro atoms. The van der Waals surface area contributed by atoms with Crippen LogP contribution in [-0.4, -0.2) is 14.8 Å². The van der Waals surface area contributed by atoms with Crippen LogP contribution in [0.5, 0.6) is 0 Å². The second-order valence-electron chi connectivity index (χ2n) is 5.21. The zero-order valence-corrected chi connectivity index (χ0v) is 11.7. The van der Waals surface area contributed by atoms with Gasteiger partial charge in [-0.1, -0.05) is 18.2 Å². The van der Waals surface area contributed by atoms with E-state index in [1.165, 1.54) is 0 Å². The molecule has 0 saturated heterocycles. The molecule has 104 valence electrons. The number of para-hydroxylation sites is 1. The van der Waals surface area contributed by atoms with Gasteiger partial charge in [0.25, 0.3) is 0 Å².